The lowest BCUT2D eigenvalue weighted by Crippen LogP contribution is -2.27. The minimum absolute atomic E-state index is 0.0118. The van der Waals surface area contributed by atoms with Gasteiger partial charge >= 0.3 is 0 Å². The van der Waals surface area contributed by atoms with Crippen LogP contribution in [0.25, 0.3) is 0 Å². The van der Waals surface area contributed by atoms with Crippen molar-refractivity contribution in [1.29, 1.82) is 0 Å². The summed E-state index contributed by atoms with van der Waals surface area (Å²) in [4.78, 5) is 11.2. The second kappa shape index (κ2) is 7.83. The molecule has 1 aromatic carbocycles. The summed E-state index contributed by atoms with van der Waals surface area (Å²) >= 11 is 4.42. The van der Waals surface area contributed by atoms with Crippen LogP contribution in [-0.4, -0.2) is 39.1 Å². The fourth-order valence-electron chi connectivity index (χ4n) is 2.24. The molecule has 0 spiro atoms. The van der Waals surface area contributed by atoms with E-state index in [1.165, 1.54) is 30.0 Å². The summed E-state index contributed by atoms with van der Waals surface area (Å²) in [5.41, 5.74) is 0.709. The van der Waals surface area contributed by atoms with Crippen LogP contribution in [-0.2, 0) is 4.79 Å². The Balaban J connectivity index is 1.70. The van der Waals surface area contributed by atoms with Crippen molar-refractivity contribution in [1.82, 2.24) is 15.6 Å². The van der Waals surface area contributed by atoms with Gasteiger partial charge in [-0.2, -0.15) is 0 Å². The van der Waals surface area contributed by atoms with Crippen molar-refractivity contribution >= 4 is 45.1 Å². The number of hydrogen-bond donors (Lipinski definition) is 3. The lowest BCUT2D eigenvalue weighted by molar-refractivity contribution is -0.119. The van der Waals surface area contributed by atoms with E-state index in [4.69, 9.17) is 4.63 Å². The van der Waals surface area contributed by atoms with E-state index in [2.05, 4.69) is 42.0 Å². The number of halogens is 2. The van der Waals surface area contributed by atoms with Crippen molar-refractivity contribution in [2.24, 2.45) is 5.16 Å². The highest BCUT2D eigenvalue weighted by atomic mass is 79.9. The molecule has 1 amide bonds. The number of carbonyl (C=O) groups is 1. The van der Waals surface area contributed by atoms with Crippen LogP contribution in [0.3, 0.4) is 0 Å². The molecule has 0 saturated carbocycles. The summed E-state index contributed by atoms with van der Waals surface area (Å²) in [5, 5.41) is 26.1. The van der Waals surface area contributed by atoms with Gasteiger partial charge in [0, 0.05) is 23.9 Å². The van der Waals surface area contributed by atoms with Crippen LogP contribution in [0.5, 0.6) is 0 Å². The molecule has 3 rings (SSSR count). The van der Waals surface area contributed by atoms with Crippen molar-refractivity contribution in [2.45, 2.75) is 23.9 Å². The molecule has 0 bridgehead atoms. The van der Waals surface area contributed by atoms with Crippen LogP contribution in [0, 0.1) is 5.82 Å². The minimum atomic E-state index is -0.411. The Hall–Kier alpha value is -2.14. The largest absolute Gasteiger partial charge is 0.409 e. The first-order valence-corrected chi connectivity index (χ1v) is 9.04. The highest BCUT2D eigenvalue weighted by Crippen LogP contribution is 2.25. The molecule has 25 heavy (non-hydrogen) atoms. The van der Waals surface area contributed by atoms with Gasteiger partial charge in [-0.15, -0.1) is 0 Å². The summed E-state index contributed by atoms with van der Waals surface area (Å²) in [5.74, 6) is 0.224. The Kier molecular flexibility index (Phi) is 5.53. The summed E-state index contributed by atoms with van der Waals surface area (Å²) in [6, 6.07) is 4.30. The number of oxime groups is 1. The van der Waals surface area contributed by atoms with Gasteiger partial charge in [0.1, 0.15) is 5.82 Å². The van der Waals surface area contributed by atoms with E-state index in [9.17, 15) is 14.4 Å². The van der Waals surface area contributed by atoms with Crippen LogP contribution in [0.4, 0.5) is 10.1 Å². The van der Waals surface area contributed by atoms with E-state index < -0.39 is 5.82 Å². The molecular formula is C14H13BrFN5O3S. The molecule has 1 aromatic heterocycles. The number of hydrogen-bond acceptors (Lipinski definition) is 7. The van der Waals surface area contributed by atoms with Crippen molar-refractivity contribution < 1.29 is 19.0 Å². The summed E-state index contributed by atoms with van der Waals surface area (Å²) in [7, 11) is 0. The van der Waals surface area contributed by atoms with Crippen molar-refractivity contribution in [2.75, 3.05) is 11.1 Å². The summed E-state index contributed by atoms with van der Waals surface area (Å²) < 4.78 is 18.3. The number of aromatic nitrogens is 2. The lowest BCUT2D eigenvalue weighted by atomic mass is 10.2. The van der Waals surface area contributed by atoms with Gasteiger partial charge in [-0.25, -0.2) is 9.02 Å². The maximum absolute atomic E-state index is 13.3. The molecule has 1 fully saturated rings. The minimum Gasteiger partial charge on any atom is -0.409 e. The van der Waals surface area contributed by atoms with Crippen molar-refractivity contribution in [3.63, 3.8) is 0 Å². The number of nitrogens with one attached hydrogen (secondary N) is 2. The molecule has 132 valence electrons. The second-order valence-corrected chi connectivity index (χ2v) is 7.10. The van der Waals surface area contributed by atoms with Crippen molar-refractivity contribution in [3.05, 3.63) is 34.2 Å². The van der Waals surface area contributed by atoms with E-state index in [0.717, 1.165) is 6.42 Å². The zero-order chi connectivity index (χ0) is 17.8. The molecule has 0 radical (unpaired) electrons. The van der Waals surface area contributed by atoms with Crippen LogP contribution in [0.1, 0.15) is 18.5 Å². The Labute approximate surface area is 154 Å². The van der Waals surface area contributed by atoms with Gasteiger partial charge in [-0.3, -0.25) is 4.79 Å². The Morgan fingerprint density at radius 1 is 1.56 bits per heavy atom. The quantitative estimate of drug-likeness (QED) is 0.220. The number of rotatable bonds is 5. The molecule has 8 nitrogen and oxygen atoms in total. The highest BCUT2D eigenvalue weighted by Gasteiger charge is 2.24. The van der Waals surface area contributed by atoms with Gasteiger partial charge in [-0.05, 0) is 50.9 Å². The first-order chi connectivity index (χ1) is 12.1. The smallest absolute Gasteiger partial charge is 0.220 e. The Bertz CT molecular complexity index is 816. The number of benzene rings is 1. The molecule has 3 N–H and O–H groups in total. The molecule has 0 aliphatic carbocycles. The predicted molar refractivity (Wildman–Crippen MR) is 92.2 cm³/mol. The lowest BCUT2D eigenvalue weighted by Gasteiger charge is -2.09. The van der Waals surface area contributed by atoms with Gasteiger partial charge in [-0.1, -0.05) is 16.9 Å². The third kappa shape index (κ3) is 4.28. The van der Waals surface area contributed by atoms with Crippen LogP contribution in [0.15, 0.2) is 37.5 Å². The zero-order valence-corrected chi connectivity index (χ0v) is 15.1. The molecule has 2 aromatic rings. The van der Waals surface area contributed by atoms with E-state index >= 15 is 0 Å². The Morgan fingerprint density at radius 3 is 3.08 bits per heavy atom. The second-order valence-electron chi connectivity index (χ2n) is 5.23. The number of thioether (sulfide) groups is 1. The maximum Gasteiger partial charge on any atom is 0.220 e. The average Bonchev–Trinajstić information content (AvgIpc) is 3.22. The van der Waals surface area contributed by atoms with Gasteiger partial charge < -0.3 is 15.8 Å². The molecule has 2 heterocycles. The van der Waals surface area contributed by atoms with E-state index in [-0.39, 0.29) is 28.0 Å². The molecule has 1 saturated heterocycles. The summed E-state index contributed by atoms with van der Waals surface area (Å²) in [6.07, 6.45) is 1.27. The standard InChI is InChI=1S/C14H13BrFN5O3S/c15-9-5-7(1-3-10(9)16)18-13(19-23)12-14(21-24-20-12)25-6-8-2-4-11(22)17-8/h1,3,5,8,23H,2,4,6H2,(H,17,22)(H,18,19)/t8-/m1/s1. The first-order valence-electron chi connectivity index (χ1n) is 7.26. The van der Waals surface area contributed by atoms with Crippen molar-refractivity contribution in [3.8, 4) is 0 Å². The van der Waals surface area contributed by atoms with E-state index in [1.807, 2.05) is 0 Å². The molecule has 11 heteroatoms. The Morgan fingerprint density at radius 2 is 2.40 bits per heavy atom. The number of nitrogens with zero attached hydrogens (tertiary/aromatic N) is 3. The number of amides is 1. The number of amidine groups is 1. The van der Waals surface area contributed by atoms with Crippen LogP contribution < -0.4 is 10.6 Å². The summed E-state index contributed by atoms with van der Waals surface area (Å²) in [6.45, 7) is 0. The number of anilines is 1. The SMILES string of the molecule is O=C1CC[C@H](CSc2nonc2/C(=N\O)Nc2ccc(F)c(Br)c2)N1. The van der Waals surface area contributed by atoms with E-state index in [1.54, 1.807) is 0 Å². The average molecular weight is 430 g/mol. The first kappa shape index (κ1) is 17.7. The van der Waals surface area contributed by atoms with Crippen LogP contribution in [0.2, 0.25) is 0 Å². The zero-order valence-electron chi connectivity index (χ0n) is 12.7. The maximum atomic E-state index is 13.3. The fraction of sp³-hybridized carbons (Fsp3) is 0.286. The molecular weight excluding hydrogens is 417 g/mol. The fourth-order valence-corrected chi connectivity index (χ4v) is 3.59. The monoisotopic (exact) mass is 429 g/mol. The predicted octanol–water partition coefficient (Wildman–Crippen LogP) is 2.59. The van der Waals surface area contributed by atoms with Gasteiger partial charge in [0.15, 0.2) is 10.7 Å². The molecule has 0 unspecified atom stereocenters. The highest BCUT2D eigenvalue weighted by molar-refractivity contribution is 9.10. The van der Waals surface area contributed by atoms with Gasteiger partial charge in [0.05, 0.1) is 4.47 Å². The molecule has 1 aliphatic heterocycles. The number of carbonyl (C=O) groups excluding carboxylic acids is 1. The normalized spacial score (nSPS) is 17.6. The third-order valence-corrected chi connectivity index (χ3v) is 5.19. The van der Waals surface area contributed by atoms with Crippen LogP contribution >= 0.6 is 27.7 Å². The molecule has 1 atom stereocenters. The third-order valence-electron chi connectivity index (χ3n) is 3.47. The van der Waals surface area contributed by atoms with E-state index in [0.29, 0.717) is 22.9 Å². The van der Waals surface area contributed by atoms with Gasteiger partial charge in [0.2, 0.25) is 11.7 Å². The molecule has 1 aliphatic rings. The van der Waals surface area contributed by atoms with Gasteiger partial charge in [0.25, 0.3) is 0 Å². The topological polar surface area (TPSA) is 113 Å².